The molecule has 0 radical (unpaired) electrons. The van der Waals surface area contributed by atoms with E-state index < -0.39 is 0 Å². The quantitative estimate of drug-likeness (QED) is 0.913. The first-order valence-electron chi connectivity index (χ1n) is 6.39. The summed E-state index contributed by atoms with van der Waals surface area (Å²) in [7, 11) is 3.91. The van der Waals surface area contributed by atoms with Crippen molar-refractivity contribution in [3.05, 3.63) is 47.2 Å². The lowest BCUT2D eigenvalue weighted by molar-refractivity contribution is 0.766. The molecular weight excluding hydrogens is 236 g/mol. The molecular formula is C15H20N4. The Morgan fingerprint density at radius 3 is 2.26 bits per heavy atom. The van der Waals surface area contributed by atoms with E-state index in [4.69, 9.17) is 0 Å². The summed E-state index contributed by atoms with van der Waals surface area (Å²) in [5.74, 6) is 0.852. The Balaban J connectivity index is 2.25. The fraction of sp³-hybridized carbons (Fsp3) is 0.333. The van der Waals surface area contributed by atoms with Crippen molar-refractivity contribution in [2.24, 2.45) is 0 Å². The van der Waals surface area contributed by atoms with E-state index in [1.54, 1.807) is 0 Å². The average Bonchev–Trinajstić information content (AvgIpc) is 2.38. The van der Waals surface area contributed by atoms with Crippen molar-refractivity contribution in [3.8, 4) is 0 Å². The van der Waals surface area contributed by atoms with Crippen molar-refractivity contribution in [2.75, 3.05) is 19.0 Å². The zero-order chi connectivity index (χ0) is 13.8. The molecule has 2 rings (SSSR count). The van der Waals surface area contributed by atoms with Crippen molar-refractivity contribution in [2.45, 2.75) is 20.4 Å². The maximum atomic E-state index is 4.27. The molecule has 0 saturated carbocycles. The van der Waals surface area contributed by atoms with Gasteiger partial charge in [-0.05, 0) is 56.3 Å². The molecule has 1 N–H and O–H groups in total. The Morgan fingerprint density at radius 2 is 1.74 bits per heavy atom. The van der Waals surface area contributed by atoms with E-state index in [-0.39, 0.29) is 0 Å². The molecule has 0 aliphatic carbocycles. The molecule has 1 aromatic heterocycles. The van der Waals surface area contributed by atoms with Crippen molar-refractivity contribution in [1.82, 2.24) is 15.5 Å². The molecule has 100 valence electrons. The number of anilines is 2. The molecule has 1 heterocycles. The van der Waals surface area contributed by atoms with Crippen LogP contribution in [0.3, 0.4) is 0 Å². The molecule has 0 saturated heterocycles. The predicted octanol–water partition coefficient (Wildman–Crippen LogP) is 2.58. The SMILES string of the molecule is CNCc1ccc(N(C)c2cc(C)cc(C)c2)nn1. The Kier molecular flexibility index (Phi) is 4.12. The van der Waals surface area contributed by atoms with E-state index in [1.165, 1.54) is 11.1 Å². The minimum atomic E-state index is 0.737. The zero-order valence-electron chi connectivity index (χ0n) is 11.9. The largest absolute Gasteiger partial charge is 0.328 e. The van der Waals surface area contributed by atoms with Gasteiger partial charge in [0.1, 0.15) is 0 Å². The fourth-order valence-electron chi connectivity index (χ4n) is 2.08. The van der Waals surface area contributed by atoms with Gasteiger partial charge in [-0.1, -0.05) is 6.07 Å². The van der Waals surface area contributed by atoms with Crippen LogP contribution in [0.4, 0.5) is 11.5 Å². The number of nitrogens with one attached hydrogen (secondary N) is 1. The normalized spacial score (nSPS) is 10.5. The standard InChI is InChI=1S/C15H20N4/c1-11-7-12(2)9-14(8-11)19(4)15-6-5-13(10-16-3)17-18-15/h5-9,16H,10H2,1-4H3. The smallest absolute Gasteiger partial charge is 0.155 e. The molecule has 0 fully saturated rings. The topological polar surface area (TPSA) is 41.0 Å². The monoisotopic (exact) mass is 256 g/mol. The summed E-state index contributed by atoms with van der Waals surface area (Å²) in [6.07, 6.45) is 0. The number of aromatic nitrogens is 2. The Morgan fingerprint density at radius 1 is 1.05 bits per heavy atom. The summed E-state index contributed by atoms with van der Waals surface area (Å²) in [5.41, 5.74) is 4.58. The molecule has 0 aliphatic heterocycles. The highest BCUT2D eigenvalue weighted by molar-refractivity contribution is 5.60. The number of hydrogen-bond acceptors (Lipinski definition) is 4. The highest BCUT2D eigenvalue weighted by Gasteiger charge is 2.07. The molecule has 0 spiro atoms. The van der Waals surface area contributed by atoms with Gasteiger partial charge in [-0.2, -0.15) is 5.10 Å². The number of aryl methyl sites for hydroxylation is 2. The van der Waals surface area contributed by atoms with Gasteiger partial charge in [0.2, 0.25) is 0 Å². The molecule has 4 heteroatoms. The minimum absolute atomic E-state index is 0.737. The third-order valence-corrected chi connectivity index (χ3v) is 3.00. The predicted molar refractivity (Wildman–Crippen MR) is 78.8 cm³/mol. The van der Waals surface area contributed by atoms with Crippen molar-refractivity contribution in [1.29, 1.82) is 0 Å². The van der Waals surface area contributed by atoms with Crippen LogP contribution in [0, 0.1) is 13.8 Å². The summed E-state index contributed by atoms with van der Waals surface area (Å²) in [5, 5.41) is 11.5. The third kappa shape index (κ3) is 3.29. The van der Waals surface area contributed by atoms with E-state index in [0.29, 0.717) is 0 Å². The van der Waals surface area contributed by atoms with Crippen LogP contribution in [0.2, 0.25) is 0 Å². The molecule has 0 bridgehead atoms. The summed E-state index contributed by atoms with van der Waals surface area (Å²) in [4.78, 5) is 2.05. The first-order valence-corrected chi connectivity index (χ1v) is 6.39. The minimum Gasteiger partial charge on any atom is -0.328 e. The maximum absolute atomic E-state index is 4.27. The number of hydrogen-bond donors (Lipinski definition) is 1. The average molecular weight is 256 g/mol. The van der Waals surface area contributed by atoms with Gasteiger partial charge in [0.25, 0.3) is 0 Å². The van der Waals surface area contributed by atoms with Crippen LogP contribution in [-0.2, 0) is 6.54 Å². The van der Waals surface area contributed by atoms with Crippen LogP contribution >= 0.6 is 0 Å². The number of rotatable bonds is 4. The fourth-order valence-corrected chi connectivity index (χ4v) is 2.08. The maximum Gasteiger partial charge on any atom is 0.155 e. The van der Waals surface area contributed by atoms with Gasteiger partial charge in [0.15, 0.2) is 5.82 Å². The third-order valence-electron chi connectivity index (χ3n) is 3.00. The van der Waals surface area contributed by atoms with Gasteiger partial charge in [0, 0.05) is 19.3 Å². The molecule has 0 atom stereocenters. The molecule has 0 amide bonds. The Labute approximate surface area is 114 Å². The second-order valence-electron chi connectivity index (χ2n) is 4.82. The lowest BCUT2D eigenvalue weighted by atomic mass is 10.1. The summed E-state index contributed by atoms with van der Waals surface area (Å²) >= 11 is 0. The van der Waals surface area contributed by atoms with Gasteiger partial charge in [-0.3, -0.25) is 0 Å². The lowest BCUT2D eigenvalue weighted by Gasteiger charge is -2.19. The van der Waals surface area contributed by atoms with E-state index >= 15 is 0 Å². The highest BCUT2D eigenvalue weighted by Crippen LogP contribution is 2.23. The summed E-state index contributed by atoms with van der Waals surface area (Å²) < 4.78 is 0. The van der Waals surface area contributed by atoms with Crippen LogP contribution in [-0.4, -0.2) is 24.3 Å². The molecule has 0 unspecified atom stereocenters. The first kappa shape index (κ1) is 13.5. The molecule has 19 heavy (non-hydrogen) atoms. The van der Waals surface area contributed by atoms with E-state index in [9.17, 15) is 0 Å². The van der Waals surface area contributed by atoms with Gasteiger partial charge >= 0.3 is 0 Å². The van der Waals surface area contributed by atoms with E-state index in [2.05, 4.69) is 52.5 Å². The van der Waals surface area contributed by atoms with Gasteiger partial charge in [0.05, 0.1) is 5.69 Å². The second kappa shape index (κ2) is 5.80. The van der Waals surface area contributed by atoms with Gasteiger partial charge in [-0.15, -0.1) is 5.10 Å². The summed E-state index contributed by atoms with van der Waals surface area (Å²) in [6, 6.07) is 10.5. The Bertz CT molecular complexity index is 528. The van der Waals surface area contributed by atoms with Crippen LogP contribution in [0.1, 0.15) is 16.8 Å². The second-order valence-corrected chi connectivity index (χ2v) is 4.82. The lowest BCUT2D eigenvalue weighted by Crippen LogP contribution is -2.14. The first-order chi connectivity index (χ1) is 9.10. The zero-order valence-corrected chi connectivity index (χ0v) is 11.9. The van der Waals surface area contributed by atoms with E-state index in [1.807, 2.05) is 26.2 Å². The molecule has 1 aromatic carbocycles. The van der Waals surface area contributed by atoms with Crippen molar-refractivity contribution >= 4 is 11.5 Å². The highest BCUT2D eigenvalue weighted by atomic mass is 15.2. The Hall–Kier alpha value is -1.94. The van der Waals surface area contributed by atoms with Crippen LogP contribution in [0.15, 0.2) is 30.3 Å². The van der Waals surface area contributed by atoms with E-state index in [0.717, 1.165) is 23.7 Å². The number of nitrogens with zero attached hydrogens (tertiary/aromatic N) is 3. The van der Waals surface area contributed by atoms with Crippen LogP contribution in [0.25, 0.3) is 0 Å². The van der Waals surface area contributed by atoms with Crippen LogP contribution in [0.5, 0.6) is 0 Å². The van der Waals surface area contributed by atoms with Crippen molar-refractivity contribution < 1.29 is 0 Å². The molecule has 0 aliphatic rings. The molecule has 4 nitrogen and oxygen atoms in total. The van der Waals surface area contributed by atoms with Gasteiger partial charge in [-0.25, -0.2) is 0 Å². The summed E-state index contributed by atoms with van der Waals surface area (Å²) in [6.45, 7) is 4.94. The number of benzene rings is 1. The molecule has 2 aromatic rings. The van der Waals surface area contributed by atoms with Crippen molar-refractivity contribution in [3.63, 3.8) is 0 Å². The van der Waals surface area contributed by atoms with Gasteiger partial charge < -0.3 is 10.2 Å². The van der Waals surface area contributed by atoms with Crippen LogP contribution < -0.4 is 10.2 Å².